The van der Waals surface area contributed by atoms with Crippen LogP contribution in [0.2, 0.25) is 0 Å². The first-order chi connectivity index (χ1) is 29.8. The van der Waals surface area contributed by atoms with Crippen molar-refractivity contribution in [1.82, 2.24) is 0 Å². The van der Waals surface area contributed by atoms with Gasteiger partial charge in [0.2, 0.25) is 0 Å². The minimum atomic E-state index is -0.519. The fraction of sp³-hybridized carbons (Fsp3) is 0.308. The second-order valence-corrected chi connectivity index (χ2v) is 15.2. The minimum absolute atomic E-state index is 0. The number of phenolic OH excluding ortho intramolecular Hbond substituents is 2. The standard InChI is InChI=1S/C33H37NO6.C19H21NO.Cu/c1-2-32(36)39-23-13-8-6-4-3-5-7-12-22-38-29-19-16-26(17-20-29)33(37)40-30-21-18-27(31(35)24-30)25-34-28-14-10-9-11-15-28;1-14-6-7-17(19(21)12-14)13-20-18-10-8-16(9-11-18)15-4-2-3-5-15;/h2,9-11,14-21,24-25,35H,1,3-8,12-13,22-23H2;6-13,15,21H,2-5H2,1H3;. The topological polar surface area (TPSA) is 127 Å². The summed E-state index contributed by atoms with van der Waals surface area (Å²) >= 11 is 0. The van der Waals surface area contributed by atoms with Crippen LogP contribution in [0.5, 0.6) is 23.0 Å². The van der Waals surface area contributed by atoms with Gasteiger partial charge in [-0.05, 0) is 122 Å². The van der Waals surface area contributed by atoms with E-state index in [9.17, 15) is 19.8 Å². The summed E-state index contributed by atoms with van der Waals surface area (Å²) in [6.07, 6.45) is 18.5. The number of carbonyl (C=O) groups excluding carboxylic acids is 2. The van der Waals surface area contributed by atoms with Crippen LogP contribution in [0.1, 0.15) is 116 Å². The maximum Gasteiger partial charge on any atom is 0.343 e. The SMILES string of the molecule is C=CC(=O)OCCCCCCCCCCOc1ccc(C(=O)Oc2ccc(C=Nc3ccccc3)c(O)c2)cc1.Cc1ccc(C=Nc2ccc(C3CCCC3)cc2)c(O)c1.[Cu]. The number of hydrogen-bond acceptors (Lipinski definition) is 9. The fourth-order valence-electron chi connectivity index (χ4n) is 6.89. The number of phenols is 2. The normalized spacial score (nSPS) is 12.3. The van der Waals surface area contributed by atoms with Crippen molar-refractivity contribution in [3.8, 4) is 23.0 Å². The van der Waals surface area contributed by atoms with Gasteiger partial charge in [-0.25, -0.2) is 9.59 Å². The molecule has 62 heavy (non-hydrogen) atoms. The molecule has 0 aromatic heterocycles. The van der Waals surface area contributed by atoms with E-state index in [1.165, 1.54) is 56.2 Å². The number of esters is 2. The number of carbonyl (C=O) groups is 2. The Morgan fingerprint density at radius 3 is 1.81 bits per heavy atom. The van der Waals surface area contributed by atoms with Gasteiger partial charge in [0, 0.05) is 52.8 Å². The van der Waals surface area contributed by atoms with Crippen molar-refractivity contribution >= 4 is 35.7 Å². The van der Waals surface area contributed by atoms with Crippen molar-refractivity contribution in [3.63, 3.8) is 0 Å². The van der Waals surface area contributed by atoms with Crippen molar-refractivity contribution in [3.05, 3.63) is 156 Å². The Kier molecular flexibility index (Phi) is 21.3. The van der Waals surface area contributed by atoms with Crippen molar-refractivity contribution in [2.24, 2.45) is 9.98 Å². The van der Waals surface area contributed by atoms with E-state index in [-0.39, 0.29) is 40.3 Å². The van der Waals surface area contributed by atoms with Crippen LogP contribution >= 0.6 is 0 Å². The molecular weight excluding hydrogens is 828 g/mol. The van der Waals surface area contributed by atoms with Crippen molar-refractivity contribution in [2.45, 2.75) is 89.9 Å². The monoisotopic (exact) mass is 885 g/mol. The summed E-state index contributed by atoms with van der Waals surface area (Å²) < 4.78 is 16.2. The summed E-state index contributed by atoms with van der Waals surface area (Å²) in [6.45, 7) is 6.43. The molecule has 0 bridgehead atoms. The zero-order valence-electron chi connectivity index (χ0n) is 35.5. The molecule has 0 aliphatic heterocycles. The van der Waals surface area contributed by atoms with Crippen LogP contribution in [0.25, 0.3) is 0 Å². The van der Waals surface area contributed by atoms with E-state index in [0.717, 1.165) is 66.9 Å². The van der Waals surface area contributed by atoms with Crippen LogP contribution < -0.4 is 9.47 Å². The van der Waals surface area contributed by atoms with Crippen LogP contribution in [0.15, 0.2) is 138 Å². The number of unbranched alkanes of at least 4 members (excludes halogenated alkanes) is 7. The molecule has 0 amide bonds. The Bertz CT molecular complexity index is 2180. The molecule has 0 spiro atoms. The van der Waals surface area contributed by atoms with Gasteiger partial charge in [0.25, 0.3) is 0 Å². The van der Waals surface area contributed by atoms with Gasteiger partial charge in [0.05, 0.1) is 30.2 Å². The van der Waals surface area contributed by atoms with E-state index >= 15 is 0 Å². The molecule has 1 fully saturated rings. The number of nitrogens with zero attached hydrogens (tertiary/aromatic N) is 2. The van der Waals surface area contributed by atoms with E-state index < -0.39 is 5.97 Å². The number of aromatic hydroxyl groups is 2. The zero-order valence-corrected chi connectivity index (χ0v) is 36.5. The Labute approximate surface area is 377 Å². The molecule has 1 radical (unpaired) electrons. The quantitative estimate of drug-likeness (QED) is 0.0199. The Morgan fingerprint density at radius 2 is 1.21 bits per heavy atom. The van der Waals surface area contributed by atoms with Crippen LogP contribution in [0, 0.1) is 6.92 Å². The second-order valence-electron chi connectivity index (χ2n) is 15.2. The molecule has 0 saturated heterocycles. The van der Waals surface area contributed by atoms with E-state index in [4.69, 9.17) is 14.2 Å². The average molecular weight is 887 g/mol. The van der Waals surface area contributed by atoms with Gasteiger partial charge in [-0.3, -0.25) is 9.98 Å². The molecule has 9 nitrogen and oxygen atoms in total. The number of ether oxygens (including phenoxy) is 3. The first-order valence-corrected chi connectivity index (χ1v) is 21.4. The van der Waals surface area contributed by atoms with Crippen molar-refractivity contribution in [1.29, 1.82) is 0 Å². The molecule has 5 aromatic carbocycles. The first-order valence-electron chi connectivity index (χ1n) is 21.4. The third kappa shape index (κ3) is 17.2. The molecule has 6 rings (SSSR count). The molecule has 329 valence electrons. The summed E-state index contributed by atoms with van der Waals surface area (Å²) in [5.41, 5.74) is 5.84. The third-order valence-electron chi connectivity index (χ3n) is 10.4. The van der Waals surface area contributed by atoms with Gasteiger partial charge in [-0.2, -0.15) is 0 Å². The van der Waals surface area contributed by atoms with Crippen LogP contribution in [-0.2, 0) is 26.6 Å². The molecule has 1 aliphatic rings. The average Bonchev–Trinajstić information content (AvgIpc) is 3.83. The summed E-state index contributed by atoms with van der Waals surface area (Å²) in [7, 11) is 0. The number of rotatable bonds is 20. The summed E-state index contributed by atoms with van der Waals surface area (Å²) in [6, 6.07) is 35.0. The van der Waals surface area contributed by atoms with Gasteiger partial charge < -0.3 is 24.4 Å². The Morgan fingerprint density at radius 1 is 0.661 bits per heavy atom. The number of para-hydroxylation sites is 1. The number of aliphatic imine (C=N–C) groups is 2. The maximum atomic E-state index is 12.5. The van der Waals surface area contributed by atoms with Crippen molar-refractivity contribution < 1.29 is 51.1 Å². The predicted molar refractivity (Wildman–Crippen MR) is 245 cm³/mol. The maximum absolute atomic E-state index is 12.5. The van der Waals surface area contributed by atoms with Crippen LogP contribution in [0.4, 0.5) is 11.4 Å². The molecule has 2 N–H and O–H groups in total. The van der Waals surface area contributed by atoms with E-state index in [2.05, 4.69) is 40.8 Å². The number of benzene rings is 5. The fourth-order valence-corrected chi connectivity index (χ4v) is 6.89. The predicted octanol–water partition coefficient (Wildman–Crippen LogP) is 12.7. The smallest absolute Gasteiger partial charge is 0.343 e. The largest absolute Gasteiger partial charge is 0.507 e. The third-order valence-corrected chi connectivity index (χ3v) is 10.4. The molecular formula is C52H58CuN2O7. The molecule has 5 aromatic rings. The van der Waals surface area contributed by atoms with E-state index in [0.29, 0.717) is 30.1 Å². The molecule has 0 atom stereocenters. The Balaban J connectivity index is 0.000000321. The van der Waals surface area contributed by atoms with E-state index in [1.807, 2.05) is 49.4 Å². The molecule has 0 heterocycles. The summed E-state index contributed by atoms with van der Waals surface area (Å²) in [5, 5.41) is 20.2. The van der Waals surface area contributed by atoms with Gasteiger partial charge in [-0.15, -0.1) is 0 Å². The van der Waals surface area contributed by atoms with Crippen LogP contribution in [-0.4, -0.2) is 47.8 Å². The summed E-state index contributed by atoms with van der Waals surface area (Å²) in [4.78, 5) is 32.3. The van der Waals surface area contributed by atoms with Gasteiger partial charge in [-0.1, -0.05) is 94.3 Å². The van der Waals surface area contributed by atoms with Gasteiger partial charge >= 0.3 is 11.9 Å². The second kappa shape index (κ2) is 27.1. The first kappa shape index (κ1) is 48.7. The number of hydrogen-bond donors (Lipinski definition) is 2. The molecule has 1 aliphatic carbocycles. The van der Waals surface area contributed by atoms with E-state index in [1.54, 1.807) is 54.9 Å². The zero-order chi connectivity index (χ0) is 43.1. The minimum Gasteiger partial charge on any atom is -0.507 e. The Hall–Kier alpha value is -5.96. The van der Waals surface area contributed by atoms with Crippen molar-refractivity contribution in [2.75, 3.05) is 13.2 Å². The molecule has 10 heteroatoms. The summed E-state index contributed by atoms with van der Waals surface area (Å²) in [5.74, 6) is 1.06. The number of aryl methyl sites for hydroxylation is 1. The van der Waals surface area contributed by atoms with Crippen LogP contribution in [0.3, 0.4) is 0 Å². The molecule has 1 saturated carbocycles. The van der Waals surface area contributed by atoms with Gasteiger partial charge in [0.15, 0.2) is 0 Å². The van der Waals surface area contributed by atoms with Gasteiger partial charge in [0.1, 0.15) is 23.0 Å². The molecule has 0 unspecified atom stereocenters.